The first-order chi connectivity index (χ1) is 5.99. The fourth-order valence-corrected chi connectivity index (χ4v) is 1.86. The maximum atomic E-state index is 9.85. The molecule has 2 nitrogen and oxygen atoms in total. The fourth-order valence-electron chi connectivity index (χ4n) is 1.86. The van der Waals surface area contributed by atoms with Crippen molar-refractivity contribution in [3.63, 3.8) is 0 Å². The molecule has 1 atom stereocenters. The molecular weight excluding hydrogens is 162 g/mol. The van der Waals surface area contributed by atoms with Crippen LogP contribution in [0.1, 0.15) is 33.1 Å². The van der Waals surface area contributed by atoms with Gasteiger partial charge in [0.2, 0.25) is 0 Å². The van der Waals surface area contributed by atoms with Gasteiger partial charge in [-0.15, -0.1) is 6.58 Å². The lowest BCUT2D eigenvalue weighted by Crippen LogP contribution is -2.46. The topological polar surface area (TPSA) is 23.5 Å². The zero-order valence-electron chi connectivity index (χ0n) is 8.84. The van der Waals surface area contributed by atoms with Gasteiger partial charge in [0.15, 0.2) is 0 Å². The Labute approximate surface area is 81.2 Å². The van der Waals surface area contributed by atoms with Crippen molar-refractivity contribution in [3.8, 4) is 0 Å². The molecule has 1 heterocycles. The maximum Gasteiger partial charge on any atom is 0.0746 e. The Morgan fingerprint density at radius 1 is 1.62 bits per heavy atom. The van der Waals surface area contributed by atoms with Gasteiger partial charge in [0.25, 0.3) is 0 Å². The van der Waals surface area contributed by atoms with Gasteiger partial charge in [-0.1, -0.05) is 5.57 Å². The van der Waals surface area contributed by atoms with Gasteiger partial charge in [-0.05, 0) is 39.7 Å². The van der Waals surface area contributed by atoms with Crippen LogP contribution in [0.25, 0.3) is 0 Å². The summed E-state index contributed by atoms with van der Waals surface area (Å²) in [5.74, 6) is 0. The number of hydrogen-bond acceptors (Lipinski definition) is 2. The van der Waals surface area contributed by atoms with E-state index >= 15 is 0 Å². The van der Waals surface area contributed by atoms with Crippen LogP contribution < -0.4 is 0 Å². The molecule has 2 heteroatoms. The van der Waals surface area contributed by atoms with E-state index in [9.17, 15) is 5.11 Å². The lowest BCUT2D eigenvalue weighted by atomic mass is 9.95. The lowest BCUT2D eigenvalue weighted by Gasteiger charge is -2.36. The van der Waals surface area contributed by atoms with Gasteiger partial charge < -0.3 is 10.0 Å². The van der Waals surface area contributed by atoms with Crippen molar-refractivity contribution in [3.05, 3.63) is 12.2 Å². The zero-order valence-corrected chi connectivity index (χ0v) is 8.84. The van der Waals surface area contributed by atoms with Crippen molar-refractivity contribution in [2.24, 2.45) is 0 Å². The number of rotatable bonds is 3. The van der Waals surface area contributed by atoms with E-state index in [1.807, 2.05) is 6.92 Å². The van der Waals surface area contributed by atoms with Crippen molar-refractivity contribution < 1.29 is 5.11 Å². The minimum atomic E-state index is -0.465. The highest BCUT2D eigenvalue weighted by molar-refractivity contribution is 4.90. The zero-order chi connectivity index (χ0) is 9.90. The molecule has 1 fully saturated rings. The Morgan fingerprint density at radius 2 is 2.31 bits per heavy atom. The van der Waals surface area contributed by atoms with Gasteiger partial charge in [0.05, 0.1) is 5.60 Å². The molecule has 0 aromatic heterocycles. The van der Waals surface area contributed by atoms with E-state index in [4.69, 9.17) is 0 Å². The van der Waals surface area contributed by atoms with Crippen LogP contribution in [-0.4, -0.2) is 35.2 Å². The van der Waals surface area contributed by atoms with Crippen LogP contribution in [0.15, 0.2) is 12.2 Å². The molecule has 1 rings (SSSR count). The van der Waals surface area contributed by atoms with Crippen molar-refractivity contribution >= 4 is 0 Å². The Hall–Kier alpha value is -0.340. The summed E-state index contributed by atoms with van der Waals surface area (Å²) < 4.78 is 0. The summed E-state index contributed by atoms with van der Waals surface area (Å²) in [4.78, 5) is 2.33. The molecule has 1 N–H and O–H groups in total. The first-order valence-electron chi connectivity index (χ1n) is 5.09. The summed E-state index contributed by atoms with van der Waals surface area (Å²) in [5, 5.41) is 9.85. The number of aliphatic hydroxyl groups is 1. The Morgan fingerprint density at radius 3 is 2.85 bits per heavy atom. The first-order valence-corrected chi connectivity index (χ1v) is 5.09. The van der Waals surface area contributed by atoms with Crippen LogP contribution in [0.2, 0.25) is 0 Å². The van der Waals surface area contributed by atoms with Gasteiger partial charge in [0, 0.05) is 13.1 Å². The monoisotopic (exact) mass is 183 g/mol. The summed E-state index contributed by atoms with van der Waals surface area (Å²) in [6.07, 6.45) is 3.11. The fraction of sp³-hybridized carbons (Fsp3) is 0.818. The second kappa shape index (κ2) is 4.25. The molecular formula is C11H21NO. The molecule has 0 saturated carbocycles. The minimum absolute atomic E-state index is 0.465. The predicted molar refractivity (Wildman–Crippen MR) is 55.7 cm³/mol. The largest absolute Gasteiger partial charge is 0.389 e. The molecule has 0 bridgehead atoms. The highest BCUT2D eigenvalue weighted by atomic mass is 16.3. The standard InChI is InChI=1S/C11H21NO/c1-10(2)5-8-12-7-4-6-11(3,13)9-12/h13H,1,4-9H2,2-3H3. The number of piperidine rings is 1. The molecule has 1 aliphatic heterocycles. The van der Waals surface area contributed by atoms with E-state index in [1.54, 1.807) is 0 Å². The summed E-state index contributed by atoms with van der Waals surface area (Å²) >= 11 is 0. The lowest BCUT2D eigenvalue weighted by molar-refractivity contribution is -0.0150. The van der Waals surface area contributed by atoms with Crippen molar-refractivity contribution in [2.75, 3.05) is 19.6 Å². The van der Waals surface area contributed by atoms with Crippen LogP contribution in [-0.2, 0) is 0 Å². The second-order valence-electron chi connectivity index (χ2n) is 4.58. The summed E-state index contributed by atoms with van der Waals surface area (Å²) in [6, 6.07) is 0. The van der Waals surface area contributed by atoms with Gasteiger partial charge in [-0.25, -0.2) is 0 Å². The molecule has 0 radical (unpaired) electrons. The van der Waals surface area contributed by atoms with E-state index in [1.165, 1.54) is 5.57 Å². The third-order valence-corrected chi connectivity index (χ3v) is 2.61. The second-order valence-corrected chi connectivity index (χ2v) is 4.58. The summed E-state index contributed by atoms with van der Waals surface area (Å²) in [7, 11) is 0. The van der Waals surface area contributed by atoms with Gasteiger partial charge >= 0.3 is 0 Å². The quantitative estimate of drug-likeness (QED) is 0.674. The minimum Gasteiger partial charge on any atom is -0.389 e. The smallest absolute Gasteiger partial charge is 0.0746 e. The number of β-amino-alcohol motifs (C(OH)–C–C–N with tert-alkyl or cyclic N) is 1. The maximum absolute atomic E-state index is 9.85. The van der Waals surface area contributed by atoms with E-state index in [2.05, 4.69) is 18.4 Å². The molecule has 0 spiro atoms. The van der Waals surface area contributed by atoms with Gasteiger partial charge in [-0.2, -0.15) is 0 Å². The van der Waals surface area contributed by atoms with E-state index in [0.29, 0.717) is 0 Å². The number of nitrogens with zero attached hydrogens (tertiary/aromatic N) is 1. The van der Waals surface area contributed by atoms with Gasteiger partial charge in [0.1, 0.15) is 0 Å². The summed E-state index contributed by atoms with van der Waals surface area (Å²) in [5.41, 5.74) is 0.762. The molecule has 0 aromatic carbocycles. The highest BCUT2D eigenvalue weighted by Crippen LogP contribution is 2.20. The predicted octanol–water partition coefficient (Wildman–Crippen LogP) is 1.80. The third-order valence-electron chi connectivity index (χ3n) is 2.61. The third kappa shape index (κ3) is 3.92. The number of likely N-dealkylation sites (tertiary alicyclic amines) is 1. The Balaban J connectivity index is 2.30. The SMILES string of the molecule is C=C(C)CCN1CCCC(C)(O)C1. The molecule has 1 unspecified atom stereocenters. The van der Waals surface area contributed by atoms with Crippen LogP contribution in [0, 0.1) is 0 Å². The normalized spacial score (nSPS) is 30.4. The van der Waals surface area contributed by atoms with E-state index in [0.717, 1.165) is 38.9 Å². The van der Waals surface area contributed by atoms with Crippen LogP contribution in [0.3, 0.4) is 0 Å². The molecule has 0 aromatic rings. The Kier molecular flexibility index (Phi) is 3.51. The molecule has 1 saturated heterocycles. The molecule has 0 aliphatic carbocycles. The van der Waals surface area contributed by atoms with Crippen molar-refractivity contribution in [1.29, 1.82) is 0 Å². The van der Waals surface area contributed by atoms with Crippen LogP contribution in [0.4, 0.5) is 0 Å². The molecule has 0 amide bonds. The van der Waals surface area contributed by atoms with E-state index in [-0.39, 0.29) is 0 Å². The summed E-state index contributed by atoms with van der Waals surface area (Å²) in [6.45, 7) is 10.9. The van der Waals surface area contributed by atoms with Gasteiger partial charge in [-0.3, -0.25) is 0 Å². The Bertz CT molecular complexity index is 187. The molecule has 76 valence electrons. The van der Waals surface area contributed by atoms with Crippen LogP contribution >= 0.6 is 0 Å². The van der Waals surface area contributed by atoms with Crippen molar-refractivity contribution in [2.45, 2.75) is 38.7 Å². The molecule has 13 heavy (non-hydrogen) atoms. The average molecular weight is 183 g/mol. The number of hydrogen-bond donors (Lipinski definition) is 1. The van der Waals surface area contributed by atoms with E-state index < -0.39 is 5.60 Å². The van der Waals surface area contributed by atoms with Crippen molar-refractivity contribution in [1.82, 2.24) is 4.90 Å². The van der Waals surface area contributed by atoms with Crippen LogP contribution in [0.5, 0.6) is 0 Å². The molecule has 1 aliphatic rings. The average Bonchev–Trinajstić information content (AvgIpc) is 1.99. The highest BCUT2D eigenvalue weighted by Gasteiger charge is 2.27. The first kappa shape index (κ1) is 10.7.